The fourth-order valence-corrected chi connectivity index (χ4v) is 2.91. The number of phenols is 1. The van der Waals surface area contributed by atoms with Crippen molar-refractivity contribution in [1.29, 1.82) is 0 Å². The molecule has 1 fully saturated rings. The first kappa shape index (κ1) is 19.5. The number of nitrogens with zero attached hydrogens (tertiary/aromatic N) is 2. The second kappa shape index (κ2) is 9.64. The van der Waals surface area contributed by atoms with Gasteiger partial charge in [0.2, 0.25) is 5.91 Å². The minimum Gasteiger partial charge on any atom is -0.508 e. The third-order valence-electron chi connectivity index (χ3n) is 4.51. The van der Waals surface area contributed by atoms with Crippen molar-refractivity contribution >= 4 is 11.8 Å². The number of amides is 2. The molecule has 2 aromatic rings. The van der Waals surface area contributed by atoms with Gasteiger partial charge < -0.3 is 24.4 Å². The molecule has 2 amide bonds. The molecule has 1 N–H and O–H groups in total. The van der Waals surface area contributed by atoms with Crippen molar-refractivity contribution in [3.63, 3.8) is 0 Å². The number of benzene rings is 2. The van der Waals surface area contributed by atoms with Crippen molar-refractivity contribution in [2.24, 2.45) is 0 Å². The monoisotopic (exact) mass is 384 g/mol. The van der Waals surface area contributed by atoms with Crippen LogP contribution in [-0.2, 0) is 9.59 Å². The molecular weight excluding hydrogens is 360 g/mol. The van der Waals surface area contributed by atoms with E-state index in [1.54, 1.807) is 21.9 Å². The number of carbonyl (C=O) groups excluding carboxylic acids is 2. The zero-order valence-electron chi connectivity index (χ0n) is 15.6. The summed E-state index contributed by atoms with van der Waals surface area (Å²) in [6.45, 7) is 2.27. The molecule has 2 aromatic carbocycles. The molecule has 0 spiro atoms. The maximum atomic E-state index is 12.3. The number of hydrogen-bond acceptors (Lipinski definition) is 5. The van der Waals surface area contributed by atoms with Gasteiger partial charge in [-0.1, -0.05) is 18.2 Å². The van der Waals surface area contributed by atoms with Crippen LogP contribution in [0.2, 0.25) is 0 Å². The molecule has 0 aromatic heterocycles. The highest BCUT2D eigenvalue weighted by Gasteiger charge is 2.24. The number of phenolic OH excluding ortho intramolecular Hbond substituents is 1. The van der Waals surface area contributed by atoms with Crippen molar-refractivity contribution in [3.05, 3.63) is 54.6 Å². The van der Waals surface area contributed by atoms with Gasteiger partial charge in [0.1, 0.15) is 17.2 Å². The summed E-state index contributed by atoms with van der Waals surface area (Å²) in [5.41, 5.74) is 0. The van der Waals surface area contributed by atoms with Gasteiger partial charge in [-0.05, 0) is 36.4 Å². The minimum atomic E-state index is -0.118. The Morgan fingerprint density at radius 3 is 2.00 bits per heavy atom. The summed E-state index contributed by atoms with van der Waals surface area (Å²) in [7, 11) is 0. The van der Waals surface area contributed by atoms with Gasteiger partial charge in [0.25, 0.3) is 5.91 Å². The first-order valence-corrected chi connectivity index (χ1v) is 9.27. The second-order valence-corrected chi connectivity index (χ2v) is 6.46. The lowest BCUT2D eigenvalue weighted by Crippen LogP contribution is -2.51. The molecule has 0 saturated carbocycles. The van der Waals surface area contributed by atoms with Crippen LogP contribution in [0.1, 0.15) is 6.42 Å². The Kier molecular flexibility index (Phi) is 6.73. The average Bonchev–Trinajstić information content (AvgIpc) is 2.74. The van der Waals surface area contributed by atoms with Gasteiger partial charge in [0.05, 0.1) is 13.0 Å². The number of piperazine rings is 1. The Balaban J connectivity index is 1.35. The quantitative estimate of drug-likeness (QED) is 0.789. The van der Waals surface area contributed by atoms with Crippen molar-refractivity contribution in [2.75, 3.05) is 39.4 Å². The van der Waals surface area contributed by atoms with Gasteiger partial charge in [-0.25, -0.2) is 0 Å². The van der Waals surface area contributed by atoms with Gasteiger partial charge >= 0.3 is 0 Å². The standard InChI is InChI=1S/C21H24N2O5/c24-17-6-8-19(9-7-17)28-16-21(26)23-13-11-22(12-14-23)20(25)10-15-27-18-4-2-1-3-5-18/h1-9,24H,10-16H2. The van der Waals surface area contributed by atoms with Crippen LogP contribution in [0.4, 0.5) is 0 Å². The molecule has 1 heterocycles. The van der Waals surface area contributed by atoms with Crippen molar-refractivity contribution in [1.82, 2.24) is 9.80 Å². The minimum absolute atomic E-state index is 0.0309. The molecular formula is C21H24N2O5. The Morgan fingerprint density at radius 1 is 0.786 bits per heavy atom. The van der Waals surface area contributed by atoms with Crippen LogP contribution in [0.3, 0.4) is 0 Å². The molecule has 0 bridgehead atoms. The van der Waals surface area contributed by atoms with Crippen LogP contribution in [0, 0.1) is 0 Å². The first-order valence-electron chi connectivity index (χ1n) is 9.27. The molecule has 1 aliphatic heterocycles. The van der Waals surface area contributed by atoms with Gasteiger partial charge in [0.15, 0.2) is 6.61 Å². The van der Waals surface area contributed by atoms with E-state index in [0.29, 0.717) is 45.0 Å². The van der Waals surface area contributed by atoms with Crippen LogP contribution in [0.5, 0.6) is 17.2 Å². The summed E-state index contributed by atoms with van der Waals surface area (Å²) in [6.07, 6.45) is 0.312. The lowest BCUT2D eigenvalue weighted by Gasteiger charge is -2.34. The van der Waals surface area contributed by atoms with E-state index in [-0.39, 0.29) is 24.2 Å². The average molecular weight is 384 g/mol. The maximum absolute atomic E-state index is 12.3. The zero-order valence-corrected chi connectivity index (χ0v) is 15.6. The van der Waals surface area contributed by atoms with Crippen LogP contribution >= 0.6 is 0 Å². The Morgan fingerprint density at radius 2 is 1.36 bits per heavy atom. The topological polar surface area (TPSA) is 79.3 Å². The normalized spacial score (nSPS) is 13.9. The number of hydrogen-bond donors (Lipinski definition) is 1. The summed E-state index contributed by atoms with van der Waals surface area (Å²) in [5.74, 6) is 1.34. The highest BCUT2D eigenvalue weighted by atomic mass is 16.5. The van der Waals surface area contributed by atoms with E-state index in [0.717, 1.165) is 5.75 Å². The number of aromatic hydroxyl groups is 1. The van der Waals surface area contributed by atoms with E-state index in [9.17, 15) is 14.7 Å². The molecule has 1 aliphatic rings. The van der Waals surface area contributed by atoms with Gasteiger partial charge in [-0.15, -0.1) is 0 Å². The van der Waals surface area contributed by atoms with E-state index in [1.165, 1.54) is 12.1 Å². The molecule has 28 heavy (non-hydrogen) atoms. The molecule has 7 heteroatoms. The van der Waals surface area contributed by atoms with E-state index >= 15 is 0 Å². The summed E-state index contributed by atoms with van der Waals surface area (Å²) >= 11 is 0. The fraction of sp³-hybridized carbons (Fsp3) is 0.333. The lowest BCUT2D eigenvalue weighted by atomic mass is 10.2. The predicted octanol–water partition coefficient (Wildman–Crippen LogP) is 1.91. The van der Waals surface area contributed by atoms with Crippen molar-refractivity contribution < 1.29 is 24.2 Å². The summed E-state index contributed by atoms with van der Waals surface area (Å²) in [5, 5.41) is 9.25. The highest BCUT2D eigenvalue weighted by Crippen LogP contribution is 2.16. The Bertz CT molecular complexity index is 771. The first-order chi connectivity index (χ1) is 13.6. The van der Waals surface area contributed by atoms with Crippen LogP contribution in [0.15, 0.2) is 54.6 Å². The van der Waals surface area contributed by atoms with Crippen molar-refractivity contribution in [3.8, 4) is 17.2 Å². The predicted molar refractivity (Wildman–Crippen MR) is 103 cm³/mol. The molecule has 3 rings (SSSR count). The van der Waals surface area contributed by atoms with E-state index < -0.39 is 0 Å². The highest BCUT2D eigenvalue weighted by molar-refractivity contribution is 5.79. The molecule has 0 unspecified atom stereocenters. The summed E-state index contributed by atoms with van der Waals surface area (Å²) < 4.78 is 11.0. The molecule has 0 radical (unpaired) electrons. The summed E-state index contributed by atoms with van der Waals surface area (Å²) in [4.78, 5) is 28.0. The Hall–Kier alpha value is -3.22. The SMILES string of the molecule is O=C(CCOc1ccccc1)N1CCN(C(=O)COc2ccc(O)cc2)CC1. The Labute approximate surface area is 164 Å². The number of rotatable bonds is 7. The zero-order chi connectivity index (χ0) is 19.8. The van der Waals surface area contributed by atoms with Crippen LogP contribution < -0.4 is 9.47 Å². The maximum Gasteiger partial charge on any atom is 0.260 e. The smallest absolute Gasteiger partial charge is 0.260 e. The fourth-order valence-electron chi connectivity index (χ4n) is 2.91. The third kappa shape index (κ3) is 5.64. The molecule has 1 saturated heterocycles. The summed E-state index contributed by atoms with van der Waals surface area (Å²) in [6, 6.07) is 15.6. The van der Waals surface area contributed by atoms with E-state index in [1.807, 2.05) is 30.3 Å². The number of para-hydroxylation sites is 1. The van der Waals surface area contributed by atoms with Crippen molar-refractivity contribution in [2.45, 2.75) is 6.42 Å². The largest absolute Gasteiger partial charge is 0.508 e. The number of carbonyl (C=O) groups is 2. The lowest BCUT2D eigenvalue weighted by molar-refractivity contribution is -0.141. The van der Waals surface area contributed by atoms with E-state index in [4.69, 9.17) is 9.47 Å². The van der Waals surface area contributed by atoms with E-state index in [2.05, 4.69) is 0 Å². The molecule has 0 aliphatic carbocycles. The van der Waals surface area contributed by atoms with Crippen LogP contribution in [0.25, 0.3) is 0 Å². The van der Waals surface area contributed by atoms with Gasteiger partial charge in [-0.2, -0.15) is 0 Å². The number of ether oxygens (including phenoxy) is 2. The third-order valence-corrected chi connectivity index (χ3v) is 4.51. The molecule has 7 nitrogen and oxygen atoms in total. The molecule has 0 atom stereocenters. The second-order valence-electron chi connectivity index (χ2n) is 6.46. The van der Waals surface area contributed by atoms with Gasteiger partial charge in [-0.3, -0.25) is 9.59 Å². The van der Waals surface area contributed by atoms with Crippen LogP contribution in [-0.4, -0.2) is 66.1 Å². The van der Waals surface area contributed by atoms with Gasteiger partial charge in [0, 0.05) is 26.2 Å². The molecule has 148 valence electrons.